The summed E-state index contributed by atoms with van der Waals surface area (Å²) in [6.45, 7) is 0.225. The van der Waals surface area contributed by atoms with Crippen LogP contribution < -0.4 is 14.4 Å². The van der Waals surface area contributed by atoms with Crippen LogP contribution in [0.1, 0.15) is 27.9 Å². The first kappa shape index (κ1) is 21.9. The molecule has 1 atom stereocenters. The summed E-state index contributed by atoms with van der Waals surface area (Å²) in [7, 11) is 2.98. The van der Waals surface area contributed by atoms with Crippen molar-refractivity contribution in [2.24, 2.45) is 0 Å². The molecule has 4 rings (SSSR count). The lowest BCUT2D eigenvalue weighted by Gasteiger charge is -2.23. The van der Waals surface area contributed by atoms with Gasteiger partial charge in [0.15, 0.2) is 22.9 Å². The molecule has 0 fully saturated rings. The SMILES string of the molecule is COc1ccc(C(=O)C[C@]2(O)C(=O)N(Cc3cccc(Cl)c3)c3ccccc32)cc1OC. The number of para-hydroxylation sites is 1. The summed E-state index contributed by atoms with van der Waals surface area (Å²) in [6.07, 6.45) is -0.398. The predicted molar refractivity (Wildman–Crippen MR) is 121 cm³/mol. The zero-order chi connectivity index (χ0) is 22.9. The van der Waals surface area contributed by atoms with E-state index in [1.807, 2.05) is 6.07 Å². The van der Waals surface area contributed by atoms with Gasteiger partial charge in [-0.1, -0.05) is 41.9 Å². The lowest BCUT2D eigenvalue weighted by Crippen LogP contribution is -2.41. The van der Waals surface area contributed by atoms with Crippen LogP contribution in [0, 0.1) is 0 Å². The largest absolute Gasteiger partial charge is 0.493 e. The molecule has 0 saturated heterocycles. The van der Waals surface area contributed by atoms with Gasteiger partial charge in [0.2, 0.25) is 0 Å². The van der Waals surface area contributed by atoms with Crippen molar-refractivity contribution >= 4 is 29.0 Å². The number of hydrogen-bond acceptors (Lipinski definition) is 5. The maximum atomic E-state index is 13.4. The first-order valence-electron chi connectivity index (χ1n) is 10.0. The van der Waals surface area contributed by atoms with Gasteiger partial charge in [-0.15, -0.1) is 0 Å². The summed E-state index contributed by atoms with van der Waals surface area (Å²) in [5.41, 5.74) is 0.131. The molecule has 0 spiro atoms. The number of ketones is 1. The summed E-state index contributed by atoms with van der Waals surface area (Å²) < 4.78 is 10.5. The fraction of sp³-hybridized carbons (Fsp3) is 0.200. The van der Waals surface area contributed by atoms with E-state index in [-0.39, 0.29) is 12.3 Å². The number of methoxy groups -OCH3 is 2. The minimum atomic E-state index is -1.97. The molecule has 1 aliphatic rings. The summed E-state index contributed by atoms with van der Waals surface area (Å²) >= 11 is 6.09. The quantitative estimate of drug-likeness (QED) is 0.540. The lowest BCUT2D eigenvalue weighted by atomic mass is 9.88. The minimum absolute atomic E-state index is 0.225. The van der Waals surface area contributed by atoms with Gasteiger partial charge in [0, 0.05) is 16.1 Å². The van der Waals surface area contributed by atoms with E-state index in [0.29, 0.717) is 33.3 Å². The van der Waals surface area contributed by atoms with Gasteiger partial charge in [0.1, 0.15) is 0 Å². The number of hydrogen-bond donors (Lipinski definition) is 1. The summed E-state index contributed by atoms with van der Waals surface area (Å²) in [4.78, 5) is 28.0. The summed E-state index contributed by atoms with van der Waals surface area (Å²) in [6, 6.07) is 18.9. The first-order valence-corrected chi connectivity index (χ1v) is 10.4. The van der Waals surface area contributed by atoms with Crippen molar-refractivity contribution in [1.82, 2.24) is 0 Å². The van der Waals surface area contributed by atoms with Crippen molar-refractivity contribution in [3.8, 4) is 11.5 Å². The van der Waals surface area contributed by atoms with E-state index in [1.165, 1.54) is 19.1 Å². The minimum Gasteiger partial charge on any atom is -0.493 e. The van der Waals surface area contributed by atoms with Crippen molar-refractivity contribution in [3.05, 3.63) is 88.4 Å². The number of ether oxygens (including phenoxy) is 2. The average Bonchev–Trinajstić information content (AvgIpc) is 3.00. The van der Waals surface area contributed by atoms with Crippen LogP contribution in [0.5, 0.6) is 11.5 Å². The molecule has 6 nitrogen and oxygen atoms in total. The van der Waals surface area contributed by atoms with Crippen LogP contribution in [0.3, 0.4) is 0 Å². The normalized spacial score (nSPS) is 17.2. The predicted octanol–water partition coefficient (Wildman–Crippen LogP) is 4.36. The number of carbonyl (C=O) groups is 2. The van der Waals surface area contributed by atoms with E-state index in [0.717, 1.165) is 5.56 Å². The number of rotatable bonds is 7. The molecule has 0 aromatic heterocycles. The van der Waals surface area contributed by atoms with E-state index in [4.69, 9.17) is 21.1 Å². The maximum absolute atomic E-state index is 13.4. The molecule has 1 amide bonds. The third kappa shape index (κ3) is 3.83. The van der Waals surface area contributed by atoms with Crippen LogP contribution in [0.4, 0.5) is 5.69 Å². The third-order valence-corrected chi connectivity index (χ3v) is 5.83. The number of fused-ring (bicyclic) bond motifs is 1. The number of anilines is 1. The number of amides is 1. The van der Waals surface area contributed by atoms with Crippen LogP contribution in [-0.4, -0.2) is 31.0 Å². The molecule has 1 aliphatic heterocycles. The molecule has 164 valence electrons. The Labute approximate surface area is 191 Å². The van der Waals surface area contributed by atoms with Gasteiger partial charge >= 0.3 is 0 Å². The monoisotopic (exact) mass is 451 g/mol. The molecule has 0 saturated carbocycles. The van der Waals surface area contributed by atoms with Crippen molar-refractivity contribution < 1.29 is 24.2 Å². The Morgan fingerprint density at radius 1 is 1.00 bits per heavy atom. The second-order valence-corrected chi connectivity index (χ2v) is 8.00. The molecule has 7 heteroatoms. The van der Waals surface area contributed by atoms with Gasteiger partial charge in [-0.25, -0.2) is 0 Å². The highest BCUT2D eigenvalue weighted by Gasteiger charge is 2.50. The summed E-state index contributed by atoms with van der Waals surface area (Å²) in [5, 5.41) is 12.0. The zero-order valence-corrected chi connectivity index (χ0v) is 18.4. The number of nitrogens with zero attached hydrogens (tertiary/aromatic N) is 1. The van der Waals surface area contributed by atoms with Crippen molar-refractivity contribution in [2.75, 3.05) is 19.1 Å². The topological polar surface area (TPSA) is 76.1 Å². The zero-order valence-electron chi connectivity index (χ0n) is 17.7. The first-order chi connectivity index (χ1) is 15.4. The van der Waals surface area contributed by atoms with Crippen LogP contribution in [0.25, 0.3) is 0 Å². The van der Waals surface area contributed by atoms with Crippen LogP contribution in [0.2, 0.25) is 5.02 Å². The Morgan fingerprint density at radius 2 is 1.75 bits per heavy atom. The Kier molecular flexibility index (Phi) is 5.91. The Hall–Kier alpha value is -3.35. The fourth-order valence-corrected chi connectivity index (χ4v) is 4.21. The smallest absolute Gasteiger partial charge is 0.264 e. The molecule has 0 unspecified atom stereocenters. The molecular formula is C25H22ClNO5. The van der Waals surface area contributed by atoms with Gasteiger partial charge in [-0.2, -0.15) is 0 Å². The molecule has 3 aromatic carbocycles. The second kappa shape index (κ2) is 8.65. The highest BCUT2D eigenvalue weighted by atomic mass is 35.5. The molecule has 32 heavy (non-hydrogen) atoms. The molecule has 1 N–H and O–H groups in total. The van der Waals surface area contributed by atoms with Crippen molar-refractivity contribution in [2.45, 2.75) is 18.6 Å². The lowest BCUT2D eigenvalue weighted by molar-refractivity contribution is -0.136. The Balaban J connectivity index is 1.66. The number of aliphatic hydroxyl groups is 1. The van der Waals surface area contributed by atoms with Gasteiger partial charge in [0.25, 0.3) is 5.91 Å². The second-order valence-electron chi connectivity index (χ2n) is 7.57. The van der Waals surface area contributed by atoms with E-state index in [2.05, 4.69) is 0 Å². The molecule has 0 bridgehead atoms. The Bertz CT molecular complexity index is 1190. The van der Waals surface area contributed by atoms with Crippen LogP contribution in [-0.2, 0) is 16.9 Å². The Morgan fingerprint density at radius 3 is 2.47 bits per heavy atom. The molecule has 3 aromatic rings. The van der Waals surface area contributed by atoms with Gasteiger partial charge in [-0.05, 0) is 42.0 Å². The van der Waals surface area contributed by atoms with Crippen LogP contribution >= 0.6 is 11.6 Å². The van der Waals surface area contributed by atoms with Gasteiger partial charge in [-0.3, -0.25) is 9.59 Å². The number of halogens is 1. The number of benzene rings is 3. The van der Waals surface area contributed by atoms with Crippen molar-refractivity contribution in [3.63, 3.8) is 0 Å². The van der Waals surface area contributed by atoms with Gasteiger partial charge in [0.05, 0.1) is 32.9 Å². The molecular weight excluding hydrogens is 430 g/mol. The van der Waals surface area contributed by atoms with Gasteiger partial charge < -0.3 is 19.5 Å². The van der Waals surface area contributed by atoms with E-state index >= 15 is 0 Å². The highest BCUT2D eigenvalue weighted by molar-refractivity contribution is 6.30. The van der Waals surface area contributed by atoms with Crippen molar-refractivity contribution in [1.29, 1.82) is 0 Å². The average molecular weight is 452 g/mol. The van der Waals surface area contributed by atoms with E-state index in [9.17, 15) is 14.7 Å². The number of carbonyl (C=O) groups excluding carboxylic acids is 2. The van der Waals surface area contributed by atoms with E-state index in [1.54, 1.807) is 60.7 Å². The van der Waals surface area contributed by atoms with E-state index < -0.39 is 17.9 Å². The standard InChI is InChI=1S/C25H22ClNO5/c1-31-22-11-10-17(13-23(22)32-2)21(28)14-25(30)19-8-3-4-9-20(19)27(24(25)29)15-16-6-5-7-18(26)12-16/h3-13,30H,14-15H2,1-2H3/t25-/m1/s1. The molecule has 0 radical (unpaired) electrons. The highest BCUT2D eigenvalue weighted by Crippen LogP contribution is 2.44. The maximum Gasteiger partial charge on any atom is 0.264 e. The third-order valence-electron chi connectivity index (χ3n) is 5.59. The van der Waals surface area contributed by atoms with Crippen LogP contribution in [0.15, 0.2) is 66.7 Å². The molecule has 1 heterocycles. The summed E-state index contributed by atoms with van der Waals surface area (Å²) in [5.74, 6) is -0.0578. The fourth-order valence-electron chi connectivity index (χ4n) is 4.00. The molecule has 0 aliphatic carbocycles. The number of Topliss-reactive ketones (excluding diaryl/α,β-unsaturated/α-hetero) is 1.